The van der Waals surface area contributed by atoms with Crippen LogP contribution in [0.2, 0.25) is 0 Å². The summed E-state index contributed by atoms with van der Waals surface area (Å²) in [7, 11) is 1.31. The van der Waals surface area contributed by atoms with Crippen LogP contribution in [-0.2, 0) is 6.42 Å². The molecule has 1 aliphatic heterocycles. The molecule has 4 N–H and O–H groups in total. The lowest BCUT2D eigenvalue weighted by Gasteiger charge is -2.29. The summed E-state index contributed by atoms with van der Waals surface area (Å²) < 4.78 is 17.3. The molecule has 0 saturated heterocycles. The summed E-state index contributed by atoms with van der Waals surface area (Å²) in [4.78, 5) is 13.1. The lowest BCUT2D eigenvalue weighted by atomic mass is 9.88. The molecule has 0 saturated carbocycles. The van der Waals surface area contributed by atoms with E-state index in [1.54, 1.807) is 13.0 Å². The molecule has 8 heteroatoms. The average molecular weight is 469 g/mol. The molecule has 34 heavy (non-hydrogen) atoms. The van der Waals surface area contributed by atoms with Crippen molar-refractivity contribution in [1.82, 2.24) is 0 Å². The quantitative estimate of drug-likeness (QED) is 0.392. The first-order valence-corrected chi connectivity index (χ1v) is 11.0. The molecule has 0 amide bonds. The number of phenols is 3. The fourth-order valence-corrected chi connectivity index (χ4v) is 4.32. The lowest BCUT2D eigenvalue weighted by Crippen LogP contribution is -2.42. The first kappa shape index (κ1) is 23.5. The van der Waals surface area contributed by atoms with Crippen LogP contribution in [-0.4, -0.2) is 39.2 Å². The first-order valence-electron chi connectivity index (χ1n) is 11.0. The Kier molecular flexibility index (Phi) is 5.95. The van der Waals surface area contributed by atoms with E-state index in [-0.39, 0.29) is 46.1 Å². The first-order chi connectivity index (χ1) is 16.0. The van der Waals surface area contributed by atoms with Gasteiger partial charge in [-0.1, -0.05) is 11.6 Å². The van der Waals surface area contributed by atoms with Gasteiger partial charge in [-0.05, 0) is 45.7 Å². The van der Waals surface area contributed by atoms with Crippen LogP contribution in [0.1, 0.15) is 39.2 Å². The molecular formula is C26H28O8. The Balaban J connectivity index is 1.82. The maximum Gasteiger partial charge on any atom is 0.239 e. The fraction of sp³-hybridized carbons (Fsp3) is 0.346. The van der Waals surface area contributed by atoms with Crippen LogP contribution in [0.25, 0.3) is 22.3 Å². The van der Waals surface area contributed by atoms with Gasteiger partial charge in [-0.3, -0.25) is 4.79 Å². The molecule has 180 valence electrons. The number of benzene rings is 2. The van der Waals surface area contributed by atoms with Crippen LogP contribution >= 0.6 is 0 Å². The summed E-state index contributed by atoms with van der Waals surface area (Å²) >= 11 is 0. The highest BCUT2D eigenvalue weighted by Crippen LogP contribution is 2.47. The van der Waals surface area contributed by atoms with Crippen LogP contribution < -0.4 is 14.9 Å². The van der Waals surface area contributed by atoms with Crippen LogP contribution in [0.15, 0.2) is 45.1 Å². The van der Waals surface area contributed by atoms with E-state index in [0.29, 0.717) is 24.0 Å². The van der Waals surface area contributed by atoms with Gasteiger partial charge in [0.25, 0.3) is 0 Å². The van der Waals surface area contributed by atoms with Gasteiger partial charge >= 0.3 is 0 Å². The summed E-state index contributed by atoms with van der Waals surface area (Å²) in [5.41, 5.74) is 0.334. The van der Waals surface area contributed by atoms with Crippen LogP contribution in [0.3, 0.4) is 0 Å². The molecule has 0 aliphatic carbocycles. The summed E-state index contributed by atoms with van der Waals surface area (Å²) in [6.07, 6.45) is 2.80. The largest absolute Gasteiger partial charge is 0.508 e. The highest BCUT2D eigenvalue weighted by molar-refractivity contribution is 5.89. The number of aliphatic hydroxyl groups is 1. The Bertz CT molecular complexity index is 1350. The van der Waals surface area contributed by atoms with Crippen molar-refractivity contribution < 1.29 is 34.3 Å². The molecule has 3 aromatic rings. The Morgan fingerprint density at radius 3 is 2.62 bits per heavy atom. The molecule has 4 rings (SSSR count). The third-order valence-electron chi connectivity index (χ3n) is 6.15. The van der Waals surface area contributed by atoms with Gasteiger partial charge in [0.05, 0.1) is 12.7 Å². The van der Waals surface area contributed by atoms with E-state index in [1.165, 1.54) is 19.2 Å². The number of hydrogen-bond acceptors (Lipinski definition) is 8. The number of hydrogen-bond donors (Lipinski definition) is 4. The topological polar surface area (TPSA) is 130 Å². The molecule has 2 heterocycles. The second-order valence-corrected chi connectivity index (χ2v) is 9.06. The molecule has 0 bridgehead atoms. The highest BCUT2D eigenvalue weighted by atomic mass is 16.5. The Labute approximate surface area is 196 Å². The summed E-state index contributed by atoms with van der Waals surface area (Å²) in [5.74, 6) is -0.668. The molecule has 0 spiro atoms. The van der Waals surface area contributed by atoms with Gasteiger partial charge in [-0.2, -0.15) is 0 Å². The zero-order valence-electron chi connectivity index (χ0n) is 19.5. The van der Waals surface area contributed by atoms with E-state index in [1.807, 2.05) is 19.9 Å². The van der Waals surface area contributed by atoms with Crippen LogP contribution in [0.4, 0.5) is 0 Å². The molecule has 2 aromatic carbocycles. The van der Waals surface area contributed by atoms with Crippen molar-refractivity contribution in [1.29, 1.82) is 0 Å². The molecule has 1 aromatic heterocycles. The van der Waals surface area contributed by atoms with Gasteiger partial charge in [0.15, 0.2) is 17.3 Å². The summed E-state index contributed by atoms with van der Waals surface area (Å²) in [6, 6.07) is 5.27. The second-order valence-electron chi connectivity index (χ2n) is 9.06. The Morgan fingerprint density at radius 2 is 1.94 bits per heavy atom. The van der Waals surface area contributed by atoms with E-state index in [4.69, 9.17) is 13.9 Å². The predicted molar refractivity (Wildman–Crippen MR) is 127 cm³/mol. The van der Waals surface area contributed by atoms with Crippen molar-refractivity contribution in [2.24, 2.45) is 0 Å². The van der Waals surface area contributed by atoms with Gasteiger partial charge < -0.3 is 34.3 Å². The van der Waals surface area contributed by atoms with E-state index in [9.17, 15) is 25.2 Å². The summed E-state index contributed by atoms with van der Waals surface area (Å²) in [5, 5.41) is 41.5. The molecule has 0 unspecified atom stereocenters. The second kappa shape index (κ2) is 8.61. The minimum atomic E-state index is -1.18. The minimum Gasteiger partial charge on any atom is -0.508 e. The van der Waals surface area contributed by atoms with Gasteiger partial charge in [0.1, 0.15) is 28.6 Å². The monoisotopic (exact) mass is 468 g/mol. The standard InChI is InChI=1S/C26H28O8/c1-13(2)6-5-9-26(3,31)20-12-16-15(7-8-17(28)23(16)34-20)24-25(32-4)22(30)21-18(29)10-14(27)11-19(21)33-24/h6-8,10-11,20,27-29,31H,5,9,12H2,1-4H3/t20-,26-/m0/s1. The van der Waals surface area contributed by atoms with Crippen LogP contribution in [0, 0.1) is 0 Å². The smallest absolute Gasteiger partial charge is 0.239 e. The van der Waals surface area contributed by atoms with Gasteiger partial charge in [0.2, 0.25) is 11.2 Å². The maximum atomic E-state index is 13.1. The number of fused-ring (bicyclic) bond motifs is 2. The number of phenolic OH excluding ortho intramolecular Hbond substituents is 3. The van der Waals surface area contributed by atoms with Gasteiger partial charge in [-0.15, -0.1) is 0 Å². The molecule has 1 aliphatic rings. The number of allylic oxidation sites excluding steroid dienone is 2. The zero-order valence-corrected chi connectivity index (χ0v) is 19.5. The fourth-order valence-electron chi connectivity index (χ4n) is 4.32. The molecular weight excluding hydrogens is 440 g/mol. The third kappa shape index (κ3) is 4.05. The molecule has 8 nitrogen and oxygen atoms in total. The maximum absolute atomic E-state index is 13.1. The van der Waals surface area contributed by atoms with Crippen molar-refractivity contribution >= 4 is 11.0 Å². The van der Waals surface area contributed by atoms with E-state index < -0.39 is 22.9 Å². The SMILES string of the molecule is COc1c(-c2ccc(O)c3c2C[C@@H]([C@@](C)(O)CCC=C(C)C)O3)oc2cc(O)cc(O)c2c1=O. The normalized spacial score (nSPS) is 16.6. The van der Waals surface area contributed by atoms with Crippen LogP contribution in [0.5, 0.6) is 28.7 Å². The highest BCUT2D eigenvalue weighted by Gasteiger charge is 2.41. The number of rotatable bonds is 6. The molecule has 0 radical (unpaired) electrons. The van der Waals surface area contributed by atoms with Crippen molar-refractivity contribution in [3.63, 3.8) is 0 Å². The number of aromatic hydroxyl groups is 3. The van der Waals surface area contributed by atoms with Gasteiger partial charge in [0, 0.05) is 29.7 Å². The zero-order chi connectivity index (χ0) is 24.8. The lowest BCUT2D eigenvalue weighted by molar-refractivity contribution is -0.0438. The number of ether oxygens (including phenoxy) is 2. The average Bonchev–Trinajstić information content (AvgIpc) is 3.20. The van der Waals surface area contributed by atoms with Crippen molar-refractivity contribution in [3.8, 4) is 40.1 Å². The van der Waals surface area contributed by atoms with E-state index in [2.05, 4.69) is 0 Å². The predicted octanol–water partition coefficient (Wildman–Crippen LogP) is 4.39. The Morgan fingerprint density at radius 1 is 1.21 bits per heavy atom. The summed E-state index contributed by atoms with van der Waals surface area (Å²) in [6.45, 7) is 5.68. The molecule has 0 fully saturated rings. The Hall–Kier alpha value is -3.65. The van der Waals surface area contributed by atoms with Crippen molar-refractivity contribution in [3.05, 3.63) is 51.7 Å². The van der Waals surface area contributed by atoms with Crippen molar-refractivity contribution in [2.75, 3.05) is 7.11 Å². The third-order valence-corrected chi connectivity index (χ3v) is 6.15. The van der Waals surface area contributed by atoms with Gasteiger partial charge in [-0.25, -0.2) is 0 Å². The number of methoxy groups -OCH3 is 1. The molecule has 2 atom stereocenters. The minimum absolute atomic E-state index is 0.0238. The van der Waals surface area contributed by atoms with E-state index in [0.717, 1.165) is 11.6 Å². The van der Waals surface area contributed by atoms with Crippen molar-refractivity contribution in [2.45, 2.75) is 51.7 Å². The van der Waals surface area contributed by atoms with E-state index >= 15 is 0 Å².